The Morgan fingerprint density at radius 1 is 1.50 bits per heavy atom. The largest absolute Gasteiger partial charge is 0.465 e. The van der Waals surface area contributed by atoms with Crippen molar-refractivity contribution in [3.63, 3.8) is 0 Å². The van der Waals surface area contributed by atoms with Crippen LogP contribution >= 0.6 is 0 Å². The van der Waals surface area contributed by atoms with Crippen molar-refractivity contribution in [1.29, 1.82) is 0 Å². The van der Waals surface area contributed by atoms with E-state index in [1.165, 1.54) is 0 Å². The number of carbonyl (C=O) groups is 1. The van der Waals surface area contributed by atoms with Gasteiger partial charge in [-0.15, -0.1) is 0 Å². The van der Waals surface area contributed by atoms with Gasteiger partial charge in [0.2, 0.25) is 0 Å². The second kappa shape index (κ2) is 4.52. The van der Waals surface area contributed by atoms with E-state index in [1.807, 2.05) is 0 Å². The molecule has 5 N–H and O–H groups in total. The van der Waals surface area contributed by atoms with Crippen molar-refractivity contribution in [3.05, 3.63) is 0 Å². The molecular weight excluding hydrogens is 196 g/mol. The molecule has 3 saturated heterocycles. The van der Waals surface area contributed by atoms with Crippen molar-refractivity contribution in [2.75, 3.05) is 6.54 Å². The summed E-state index contributed by atoms with van der Waals surface area (Å²) in [6.07, 6.45) is -3.39. The minimum Gasteiger partial charge on any atom is -0.465 e. The summed E-state index contributed by atoms with van der Waals surface area (Å²) in [7, 11) is 0. The number of alkyl halides is 2. The van der Waals surface area contributed by atoms with Crippen LogP contribution in [0, 0.1) is 0 Å². The van der Waals surface area contributed by atoms with Gasteiger partial charge in [-0.3, -0.25) is 5.32 Å². The second-order valence-corrected chi connectivity index (χ2v) is 3.30. The molecule has 0 aromatic heterocycles. The van der Waals surface area contributed by atoms with Gasteiger partial charge >= 0.3 is 6.09 Å². The molecule has 3 rings (SSSR count). The van der Waals surface area contributed by atoms with Gasteiger partial charge in [-0.1, -0.05) is 0 Å². The van der Waals surface area contributed by atoms with Crippen molar-refractivity contribution >= 4 is 6.09 Å². The SMILES string of the molecule is FC1NCC2CC(N2)C1F.NC(=O)O. The Morgan fingerprint density at radius 2 is 2.00 bits per heavy atom. The summed E-state index contributed by atoms with van der Waals surface area (Å²) < 4.78 is 25.4. The van der Waals surface area contributed by atoms with Crippen molar-refractivity contribution < 1.29 is 18.7 Å². The summed E-state index contributed by atoms with van der Waals surface area (Å²) in [5.74, 6) is 0. The van der Waals surface area contributed by atoms with E-state index in [1.54, 1.807) is 0 Å². The number of primary amides is 1. The monoisotopic (exact) mass is 209 g/mol. The highest BCUT2D eigenvalue weighted by atomic mass is 19.2. The maximum Gasteiger partial charge on any atom is 0.402 e. The maximum atomic E-state index is 12.8. The zero-order chi connectivity index (χ0) is 10.7. The van der Waals surface area contributed by atoms with E-state index in [9.17, 15) is 8.78 Å². The van der Waals surface area contributed by atoms with Gasteiger partial charge < -0.3 is 16.2 Å². The first-order valence-corrected chi connectivity index (χ1v) is 4.26. The molecule has 3 heterocycles. The Kier molecular flexibility index (Phi) is 3.59. The summed E-state index contributed by atoms with van der Waals surface area (Å²) in [5, 5.41) is 12.6. The third-order valence-corrected chi connectivity index (χ3v) is 2.21. The number of nitrogens with two attached hydrogens (primary N) is 1. The average molecular weight is 209 g/mol. The van der Waals surface area contributed by atoms with Crippen molar-refractivity contribution in [2.45, 2.75) is 31.0 Å². The third-order valence-electron chi connectivity index (χ3n) is 2.21. The number of carboxylic acid groups (broad SMARTS) is 1. The van der Waals surface area contributed by atoms with Crippen LogP contribution in [0.3, 0.4) is 0 Å². The maximum absolute atomic E-state index is 12.8. The molecule has 3 aliphatic heterocycles. The van der Waals surface area contributed by atoms with Crippen molar-refractivity contribution in [3.8, 4) is 0 Å². The fourth-order valence-electron chi connectivity index (χ4n) is 1.52. The normalized spacial score (nSPS) is 39.9. The van der Waals surface area contributed by atoms with Crippen molar-refractivity contribution in [2.24, 2.45) is 5.73 Å². The summed E-state index contributed by atoms with van der Waals surface area (Å²) in [6.45, 7) is 0.554. The van der Waals surface area contributed by atoms with Gasteiger partial charge in [-0.2, -0.15) is 0 Å². The Hall–Kier alpha value is -0.950. The fraction of sp³-hybridized carbons (Fsp3) is 0.857. The molecule has 4 unspecified atom stereocenters. The van der Waals surface area contributed by atoms with E-state index in [0.29, 0.717) is 12.6 Å². The molecule has 0 aliphatic carbocycles. The zero-order valence-electron chi connectivity index (χ0n) is 7.41. The number of halogens is 2. The number of amides is 1. The van der Waals surface area contributed by atoms with Gasteiger partial charge in [-0.05, 0) is 6.42 Å². The van der Waals surface area contributed by atoms with Gasteiger partial charge in [-0.25, -0.2) is 13.6 Å². The summed E-state index contributed by atoms with van der Waals surface area (Å²) in [5.41, 5.74) is 4.03. The lowest BCUT2D eigenvalue weighted by Gasteiger charge is -2.35. The summed E-state index contributed by atoms with van der Waals surface area (Å²) >= 11 is 0. The average Bonchev–Trinajstić information content (AvgIpc) is 2.17. The smallest absolute Gasteiger partial charge is 0.402 e. The van der Waals surface area contributed by atoms with Gasteiger partial charge in [0.05, 0.1) is 0 Å². The highest BCUT2D eigenvalue weighted by Crippen LogP contribution is 2.23. The molecule has 0 aromatic rings. The van der Waals surface area contributed by atoms with Crippen LogP contribution in [0.15, 0.2) is 0 Å². The number of nitrogens with one attached hydrogen (secondary N) is 2. The van der Waals surface area contributed by atoms with E-state index >= 15 is 0 Å². The second-order valence-electron chi connectivity index (χ2n) is 3.30. The van der Waals surface area contributed by atoms with Crippen LogP contribution in [-0.4, -0.2) is 42.3 Å². The van der Waals surface area contributed by atoms with E-state index in [-0.39, 0.29) is 6.04 Å². The quantitative estimate of drug-likeness (QED) is 0.408. The molecule has 82 valence electrons. The first-order valence-electron chi connectivity index (χ1n) is 4.26. The summed E-state index contributed by atoms with van der Waals surface area (Å²) in [6, 6.07) is 0.0546. The molecule has 1 amide bonds. The molecule has 5 nitrogen and oxygen atoms in total. The van der Waals surface area contributed by atoms with Gasteiger partial charge in [0.15, 0.2) is 12.5 Å². The minimum absolute atomic E-state index is 0.241. The van der Waals surface area contributed by atoms with Gasteiger partial charge in [0.25, 0.3) is 0 Å². The van der Waals surface area contributed by atoms with Crippen LogP contribution in [0.4, 0.5) is 13.6 Å². The van der Waals surface area contributed by atoms with Crippen LogP contribution in [0.1, 0.15) is 6.42 Å². The van der Waals surface area contributed by atoms with E-state index < -0.39 is 18.6 Å². The number of hydrogen-bond donors (Lipinski definition) is 4. The van der Waals surface area contributed by atoms with Crippen LogP contribution in [0.5, 0.6) is 0 Å². The lowest BCUT2D eigenvalue weighted by Crippen LogP contribution is -2.57. The van der Waals surface area contributed by atoms with E-state index in [2.05, 4.69) is 16.4 Å². The number of fused-ring (bicyclic) bond motifs is 3. The number of rotatable bonds is 0. The summed E-state index contributed by atoms with van der Waals surface area (Å²) in [4.78, 5) is 8.78. The molecule has 0 aromatic carbocycles. The molecule has 7 heteroatoms. The Morgan fingerprint density at radius 3 is 2.50 bits per heavy atom. The molecule has 3 fully saturated rings. The van der Waals surface area contributed by atoms with Gasteiger partial charge in [0, 0.05) is 18.6 Å². The number of hydrogen-bond acceptors (Lipinski definition) is 3. The van der Waals surface area contributed by atoms with Crippen molar-refractivity contribution in [1.82, 2.24) is 10.6 Å². The Bertz CT molecular complexity index is 202. The van der Waals surface area contributed by atoms with Crippen LogP contribution < -0.4 is 16.4 Å². The first-order chi connectivity index (χ1) is 6.50. The van der Waals surface area contributed by atoms with E-state index in [4.69, 9.17) is 9.90 Å². The molecule has 4 atom stereocenters. The third kappa shape index (κ3) is 2.78. The molecule has 3 aliphatic rings. The first kappa shape index (κ1) is 11.1. The highest BCUT2D eigenvalue weighted by molar-refractivity contribution is 5.61. The van der Waals surface area contributed by atoms with Crippen LogP contribution in [0.25, 0.3) is 0 Å². The molecule has 0 spiro atoms. The molecule has 0 saturated carbocycles. The minimum atomic E-state index is -1.47. The molecule has 14 heavy (non-hydrogen) atoms. The lowest BCUT2D eigenvalue weighted by molar-refractivity contribution is 0.0979. The lowest BCUT2D eigenvalue weighted by atomic mass is 9.95. The fourth-order valence-corrected chi connectivity index (χ4v) is 1.52. The van der Waals surface area contributed by atoms with Crippen LogP contribution in [0.2, 0.25) is 0 Å². The molecule has 2 bridgehead atoms. The standard InChI is InChI=1S/C6H10F2N2.CH3NO2/c7-5-4-1-3(10-4)2-9-6(5)8;2-1(3)4/h3-6,9-10H,1-2H2;2H2,(H,3,4). The molecule has 0 radical (unpaired) electrons. The highest BCUT2D eigenvalue weighted by Gasteiger charge is 2.42. The molecular formula is C7H13F2N3O2. The predicted molar refractivity (Wildman–Crippen MR) is 45.3 cm³/mol. The predicted octanol–water partition coefficient (Wildman–Crippen LogP) is -0.423. The van der Waals surface area contributed by atoms with Gasteiger partial charge in [0.1, 0.15) is 0 Å². The van der Waals surface area contributed by atoms with E-state index in [0.717, 1.165) is 6.42 Å². The Labute approximate surface area is 79.6 Å². The zero-order valence-corrected chi connectivity index (χ0v) is 7.41. The topological polar surface area (TPSA) is 87.4 Å². The van der Waals surface area contributed by atoms with Crippen LogP contribution in [-0.2, 0) is 0 Å². The Balaban J connectivity index is 0.000000213.